The number of para-hydroxylation sites is 1. The average Bonchev–Trinajstić information content (AvgIpc) is 2.56. The smallest absolute Gasteiger partial charge is 0.225 e. The Kier molecular flexibility index (Phi) is 6.08. The van der Waals surface area contributed by atoms with Crippen LogP contribution in [0, 0.1) is 13.8 Å². The molecule has 0 atom stereocenters. The third-order valence-corrected chi connectivity index (χ3v) is 5.83. The van der Waals surface area contributed by atoms with Crippen LogP contribution in [0.5, 0.6) is 5.75 Å². The molecule has 25 heavy (non-hydrogen) atoms. The summed E-state index contributed by atoms with van der Waals surface area (Å²) >= 11 is 5.97. The second kappa shape index (κ2) is 7.89. The number of benzene rings is 2. The largest absolute Gasteiger partial charge is 0.495 e. The van der Waals surface area contributed by atoms with Crippen LogP contribution in [0.15, 0.2) is 41.3 Å². The predicted octanol–water partition coefficient (Wildman–Crippen LogP) is 3.77. The molecule has 1 N–H and O–H groups in total. The number of carbonyl (C=O) groups excluding carboxylic acids is 1. The van der Waals surface area contributed by atoms with Gasteiger partial charge >= 0.3 is 0 Å². The quantitative estimate of drug-likeness (QED) is 0.826. The van der Waals surface area contributed by atoms with Crippen LogP contribution < -0.4 is 10.1 Å². The molecule has 0 bridgehead atoms. The van der Waals surface area contributed by atoms with Crippen LogP contribution in [0.3, 0.4) is 0 Å². The minimum Gasteiger partial charge on any atom is -0.495 e. The molecule has 0 aliphatic carbocycles. The van der Waals surface area contributed by atoms with Crippen molar-refractivity contribution in [3.8, 4) is 5.75 Å². The fourth-order valence-corrected chi connectivity index (χ4v) is 3.98. The van der Waals surface area contributed by atoms with Gasteiger partial charge in [0.25, 0.3) is 0 Å². The number of halogens is 1. The third kappa shape index (κ3) is 4.74. The molecule has 0 unspecified atom stereocenters. The number of ether oxygens (including phenoxy) is 1. The Morgan fingerprint density at radius 3 is 2.36 bits per heavy atom. The summed E-state index contributed by atoms with van der Waals surface area (Å²) in [6, 6.07) is 9.92. The third-order valence-electron chi connectivity index (χ3n) is 3.83. The summed E-state index contributed by atoms with van der Waals surface area (Å²) in [4.78, 5) is 12.2. The standard InChI is InChI=1S/C18H20ClNO4S/c1-12-5-4-6-13(2)18(12)20-17(21)9-10-25(22,23)14-7-8-16(24-3)15(19)11-14/h4-8,11H,9-10H2,1-3H3,(H,20,21). The van der Waals surface area contributed by atoms with Crippen molar-refractivity contribution in [2.45, 2.75) is 25.2 Å². The maximum atomic E-state index is 12.4. The van der Waals surface area contributed by atoms with Crippen molar-refractivity contribution in [3.63, 3.8) is 0 Å². The maximum absolute atomic E-state index is 12.4. The molecule has 1 amide bonds. The zero-order chi connectivity index (χ0) is 18.6. The number of methoxy groups -OCH3 is 1. The van der Waals surface area contributed by atoms with Crippen molar-refractivity contribution < 1.29 is 17.9 Å². The SMILES string of the molecule is COc1ccc(S(=O)(=O)CCC(=O)Nc2c(C)cccc2C)cc1Cl. The van der Waals surface area contributed by atoms with Gasteiger partial charge in [0.1, 0.15) is 5.75 Å². The molecule has 0 fully saturated rings. The molecule has 0 aliphatic rings. The Hall–Kier alpha value is -2.05. The van der Waals surface area contributed by atoms with Crippen molar-refractivity contribution in [3.05, 3.63) is 52.5 Å². The first-order chi connectivity index (χ1) is 11.7. The van der Waals surface area contributed by atoms with E-state index in [1.54, 1.807) is 0 Å². The van der Waals surface area contributed by atoms with E-state index in [4.69, 9.17) is 16.3 Å². The molecule has 0 spiro atoms. The van der Waals surface area contributed by atoms with Gasteiger partial charge in [-0.2, -0.15) is 0 Å². The molecule has 0 saturated carbocycles. The second-order valence-corrected chi connectivity index (χ2v) is 8.20. The monoisotopic (exact) mass is 381 g/mol. The number of hydrogen-bond donors (Lipinski definition) is 1. The van der Waals surface area contributed by atoms with Crippen LogP contribution in [0.25, 0.3) is 0 Å². The van der Waals surface area contributed by atoms with E-state index in [1.165, 1.54) is 25.3 Å². The van der Waals surface area contributed by atoms with E-state index in [9.17, 15) is 13.2 Å². The second-order valence-electron chi connectivity index (χ2n) is 5.68. The van der Waals surface area contributed by atoms with Crippen molar-refractivity contribution in [1.82, 2.24) is 0 Å². The fraction of sp³-hybridized carbons (Fsp3) is 0.278. The summed E-state index contributed by atoms with van der Waals surface area (Å²) in [5, 5.41) is 2.99. The highest BCUT2D eigenvalue weighted by Crippen LogP contribution is 2.27. The number of anilines is 1. The van der Waals surface area contributed by atoms with E-state index in [-0.39, 0.29) is 28.0 Å². The first kappa shape index (κ1) is 19.3. The van der Waals surface area contributed by atoms with Crippen molar-refractivity contribution in [2.75, 3.05) is 18.2 Å². The summed E-state index contributed by atoms with van der Waals surface area (Å²) < 4.78 is 29.8. The number of nitrogens with one attached hydrogen (secondary N) is 1. The van der Waals surface area contributed by atoms with Crippen LogP contribution >= 0.6 is 11.6 Å². The Labute approximate surface area is 152 Å². The molecule has 0 aliphatic heterocycles. The lowest BCUT2D eigenvalue weighted by Crippen LogP contribution is -2.18. The van der Waals surface area contributed by atoms with Gasteiger partial charge in [0.2, 0.25) is 5.91 Å². The summed E-state index contributed by atoms with van der Waals surface area (Å²) in [7, 11) is -2.16. The highest BCUT2D eigenvalue weighted by molar-refractivity contribution is 7.91. The Bertz CT molecular complexity index is 874. The van der Waals surface area contributed by atoms with Gasteiger partial charge in [-0.1, -0.05) is 29.8 Å². The van der Waals surface area contributed by atoms with Gasteiger partial charge < -0.3 is 10.1 Å². The number of amides is 1. The molecular formula is C18H20ClNO4S. The van der Waals surface area contributed by atoms with Gasteiger partial charge in [-0.25, -0.2) is 8.42 Å². The zero-order valence-corrected chi connectivity index (χ0v) is 15.9. The van der Waals surface area contributed by atoms with Crippen LogP contribution in [0.1, 0.15) is 17.5 Å². The zero-order valence-electron chi connectivity index (χ0n) is 14.3. The van der Waals surface area contributed by atoms with Gasteiger partial charge in [0.05, 0.1) is 22.8 Å². The molecular weight excluding hydrogens is 362 g/mol. The lowest BCUT2D eigenvalue weighted by atomic mass is 10.1. The molecule has 0 saturated heterocycles. The molecule has 134 valence electrons. The van der Waals surface area contributed by atoms with E-state index in [0.29, 0.717) is 5.75 Å². The molecule has 2 aromatic carbocycles. The Morgan fingerprint density at radius 2 is 1.80 bits per heavy atom. The minimum atomic E-state index is -3.62. The highest BCUT2D eigenvalue weighted by atomic mass is 35.5. The van der Waals surface area contributed by atoms with E-state index in [0.717, 1.165) is 16.8 Å². The number of aryl methyl sites for hydroxylation is 2. The van der Waals surface area contributed by atoms with Crippen molar-refractivity contribution in [1.29, 1.82) is 0 Å². The van der Waals surface area contributed by atoms with Crippen LogP contribution in [-0.4, -0.2) is 27.2 Å². The molecule has 2 aromatic rings. The molecule has 7 heteroatoms. The van der Waals surface area contributed by atoms with E-state index in [2.05, 4.69) is 5.32 Å². The summed E-state index contributed by atoms with van der Waals surface area (Å²) in [6.45, 7) is 3.78. The van der Waals surface area contributed by atoms with E-state index < -0.39 is 9.84 Å². The van der Waals surface area contributed by atoms with Crippen LogP contribution in [-0.2, 0) is 14.6 Å². The maximum Gasteiger partial charge on any atom is 0.225 e. The topological polar surface area (TPSA) is 72.5 Å². The highest BCUT2D eigenvalue weighted by Gasteiger charge is 2.18. The van der Waals surface area contributed by atoms with Gasteiger partial charge in [-0.3, -0.25) is 4.79 Å². The normalized spacial score (nSPS) is 11.2. The molecule has 2 rings (SSSR count). The first-order valence-corrected chi connectivity index (χ1v) is 9.70. The minimum absolute atomic E-state index is 0.0678. The van der Waals surface area contributed by atoms with Gasteiger partial charge in [-0.05, 0) is 43.2 Å². The van der Waals surface area contributed by atoms with Gasteiger partial charge in [0.15, 0.2) is 9.84 Å². The first-order valence-electron chi connectivity index (χ1n) is 7.67. The number of carbonyl (C=O) groups is 1. The number of sulfone groups is 1. The summed E-state index contributed by atoms with van der Waals surface area (Å²) in [5.41, 5.74) is 2.58. The van der Waals surface area contributed by atoms with Crippen LogP contribution in [0.4, 0.5) is 5.69 Å². The van der Waals surface area contributed by atoms with Gasteiger partial charge in [-0.15, -0.1) is 0 Å². The molecule has 5 nitrogen and oxygen atoms in total. The fourth-order valence-electron chi connectivity index (χ4n) is 2.40. The molecule has 0 aromatic heterocycles. The lowest BCUT2D eigenvalue weighted by Gasteiger charge is -2.12. The molecule has 0 heterocycles. The number of rotatable bonds is 6. The van der Waals surface area contributed by atoms with E-state index >= 15 is 0 Å². The van der Waals surface area contributed by atoms with Crippen molar-refractivity contribution >= 4 is 33.0 Å². The number of hydrogen-bond acceptors (Lipinski definition) is 4. The summed E-state index contributed by atoms with van der Waals surface area (Å²) in [5.74, 6) is -0.249. The van der Waals surface area contributed by atoms with Crippen LogP contribution in [0.2, 0.25) is 5.02 Å². The van der Waals surface area contributed by atoms with E-state index in [1.807, 2.05) is 32.0 Å². The molecule has 0 radical (unpaired) electrons. The van der Waals surface area contributed by atoms with Crippen molar-refractivity contribution in [2.24, 2.45) is 0 Å². The Morgan fingerprint density at radius 1 is 1.16 bits per heavy atom. The summed E-state index contributed by atoms with van der Waals surface area (Å²) in [6.07, 6.45) is -0.139. The predicted molar refractivity (Wildman–Crippen MR) is 99.2 cm³/mol. The Balaban J connectivity index is 2.07. The average molecular weight is 382 g/mol. The lowest BCUT2D eigenvalue weighted by molar-refractivity contribution is -0.115. The van der Waals surface area contributed by atoms with Gasteiger partial charge in [0, 0.05) is 12.1 Å².